The Kier molecular flexibility index (Phi) is 3.57. The highest BCUT2D eigenvalue weighted by Gasteiger charge is 2.07. The van der Waals surface area contributed by atoms with Crippen molar-refractivity contribution >= 4 is 17.6 Å². The van der Waals surface area contributed by atoms with E-state index in [9.17, 15) is 4.79 Å². The molecule has 72 valence electrons. The molecule has 1 aromatic heterocycles. The van der Waals surface area contributed by atoms with Crippen LogP contribution in [0.1, 0.15) is 29.3 Å². The zero-order chi connectivity index (χ0) is 9.84. The lowest BCUT2D eigenvalue weighted by molar-refractivity contribution is 0.111. The quantitative estimate of drug-likeness (QED) is 0.692. The van der Waals surface area contributed by atoms with E-state index in [1.54, 1.807) is 5.38 Å². The largest absolute Gasteiger partial charge is 0.297 e. The van der Waals surface area contributed by atoms with Gasteiger partial charge in [0.25, 0.3) is 0 Å². The van der Waals surface area contributed by atoms with Crippen LogP contribution in [0, 0.1) is 0 Å². The summed E-state index contributed by atoms with van der Waals surface area (Å²) in [6, 6.07) is 0.503. The number of hydrogen-bond acceptors (Lipinski definition) is 4. The Morgan fingerprint density at radius 3 is 2.85 bits per heavy atom. The first-order valence-electron chi connectivity index (χ1n) is 4.23. The summed E-state index contributed by atoms with van der Waals surface area (Å²) >= 11 is 1.54. The summed E-state index contributed by atoms with van der Waals surface area (Å²) in [4.78, 5) is 16.7. The van der Waals surface area contributed by atoms with Crippen molar-refractivity contribution < 1.29 is 4.79 Å². The zero-order valence-electron chi connectivity index (χ0n) is 8.15. The predicted molar refractivity (Wildman–Crippen MR) is 54.1 cm³/mol. The Bertz CT molecular complexity index is 283. The number of thiazole rings is 1. The molecule has 0 saturated carbocycles. The number of carbonyl (C=O) groups excluding carboxylic acids is 1. The molecular weight excluding hydrogens is 184 g/mol. The fourth-order valence-corrected chi connectivity index (χ4v) is 1.65. The number of hydrogen-bond donors (Lipinski definition) is 0. The molecule has 0 aliphatic carbocycles. The lowest BCUT2D eigenvalue weighted by Gasteiger charge is -2.18. The fraction of sp³-hybridized carbons (Fsp3) is 0.556. The highest BCUT2D eigenvalue weighted by molar-refractivity contribution is 7.09. The molecule has 0 N–H and O–H groups in total. The van der Waals surface area contributed by atoms with Gasteiger partial charge in [0.1, 0.15) is 10.7 Å². The van der Waals surface area contributed by atoms with Crippen LogP contribution in [-0.4, -0.2) is 29.3 Å². The molecule has 0 atom stereocenters. The molecule has 13 heavy (non-hydrogen) atoms. The zero-order valence-corrected chi connectivity index (χ0v) is 8.97. The Morgan fingerprint density at radius 2 is 2.38 bits per heavy atom. The van der Waals surface area contributed by atoms with E-state index in [1.165, 1.54) is 11.3 Å². The predicted octanol–water partition coefficient (Wildman–Crippen LogP) is 1.80. The number of carbonyl (C=O) groups is 1. The minimum Gasteiger partial charge on any atom is -0.297 e. The fourth-order valence-electron chi connectivity index (χ4n) is 0.848. The maximum Gasteiger partial charge on any atom is 0.169 e. The van der Waals surface area contributed by atoms with Gasteiger partial charge in [-0.2, -0.15) is 0 Å². The highest BCUT2D eigenvalue weighted by atomic mass is 32.1. The molecule has 1 heterocycles. The standard InChI is InChI=1S/C9H14N2OS/c1-7(2)11(3)4-9-10-8(5-12)6-13-9/h5-7H,4H2,1-3H3. The summed E-state index contributed by atoms with van der Waals surface area (Å²) in [5.41, 5.74) is 0.539. The van der Waals surface area contributed by atoms with Gasteiger partial charge in [0, 0.05) is 11.4 Å². The monoisotopic (exact) mass is 198 g/mol. The molecule has 0 spiro atoms. The first-order valence-corrected chi connectivity index (χ1v) is 5.11. The Labute approximate surface area is 82.4 Å². The van der Waals surface area contributed by atoms with Gasteiger partial charge >= 0.3 is 0 Å². The second kappa shape index (κ2) is 4.48. The molecule has 0 aliphatic heterocycles. The van der Waals surface area contributed by atoms with Gasteiger partial charge in [-0.1, -0.05) is 0 Å². The van der Waals surface area contributed by atoms with Crippen LogP contribution in [0.15, 0.2) is 5.38 Å². The first-order chi connectivity index (χ1) is 6.13. The lowest BCUT2D eigenvalue weighted by atomic mass is 10.3. The Balaban J connectivity index is 2.58. The van der Waals surface area contributed by atoms with Crippen molar-refractivity contribution in [3.8, 4) is 0 Å². The molecule has 0 unspecified atom stereocenters. The van der Waals surface area contributed by atoms with Gasteiger partial charge in [-0.3, -0.25) is 9.69 Å². The molecule has 0 aromatic carbocycles. The third-order valence-corrected chi connectivity index (χ3v) is 2.81. The van der Waals surface area contributed by atoms with E-state index in [-0.39, 0.29) is 0 Å². The summed E-state index contributed by atoms with van der Waals surface area (Å²) in [6.45, 7) is 5.08. The van der Waals surface area contributed by atoms with Crippen molar-refractivity contribution in [3.63, 3.8) is 0 Å². The van der Waals surface area contributed by atoms with E-state index < -0.39 is 0 Å². The lowest BCUT2D eigenvalue weighted by Crippen LogP contribution is -2.25. The molecule has 4 heteroatoms. The number of aromatic nitrogens is 1. The van der Waals surface area contributed by atoms with Crippen LogP contribution in [0.3, 0.4) is 0 Å². The molecule has 0 aliphatic rings. The van der Waals surface area contributed by atoms with E-state index in [0.29, 0.717) is 11.7 Å². The topological polar surface area (TPSA) is 33.2 Å². The van der Waals surface area contributed by atoms with Crippen molar-refractivity contribution in [1.29, 1.82) is 0 Å². The van der Waals surface area contributed by atoms with Crippen LogP contribution >= 0.6 is 11.3 Å². The minimum absolute atomic E-state index is 0.503. The summed E-state index contributed by atoms with van der Waals surface area (Å²) < 4.78 is 0. The average molecular weight is 198 g/mol. The Morgan fingerprint density at radius 1 is 1.69 bits per heavy atom. The SMILES string of the molecule is CC(C)N(C)Cc1nc(C=O)cs1. The maximum absolute atomic E-state index is 10.4. The molecule has 1 rings (SSSR count). The highest BCUT2D eigenvalue weighted by Crippen LogP contribution is 2.11. The number of nitrogens with zero attached hydrogens (tertiary/aromatic N) is 2. The van der Waals surface area contributed by atoms with Gasteiger partial charge in [-0.25, -0.2) is 4.98 Å². The van der Waals surface area contributed by atoms with Gasteiger partial charge in [-0.05, 0) is 20.9 Å². The molecule has 0 fully saturated rings. The molecule has 0 amide bonds. The molecular formula is C9H14N2OS. The average Bonchev–Trinajstić information content (AvgIpc) is 2.52. The summed E-state index contributed by atoms with van der Waals surface area (Å²) in [5, 5.41) is 2.79. The van der Waals surface area contributed by atoms with Crippen LogP contribution in [0.25, 0.3) is 0 Å². The molecule has 3 nitrogen and oxygen atoms in total. The van der Waals surface area contributed by atoms with Crippen molar-refractivity contribution in [3.05, 3.63) is 16.1 Å². The van der Waals surface area contributed by atoms with E-state index in [0.717, 1.165) is 17.8 Å². The third-order valence-electron chi connectivity index (χ3n) is 1.96. The second-order valence-corrected chi connectivity index (χ2v) is 4.24. The smallest absolute Gasteiger partial charge is 0.169 e. The van der Waals surface area contributed by atoms with Crippen LogP contribution in [0.5, 0.6) is 0 Å². The van der Waals surface area contributed by atoms with Crippen LogP contribution in [0.4, 0.5) is 0 Å². The van der Waals surface area contributed by atoms with E-state index in [4.69, 9.17) is 0 Å². The minimum atomic E-state index is 0.503. The van der Waals surface area contributed by atoms with Gasteiger partial charge in [0.15, 0.2) is 6.29 Å². The Hall–Kier alpha value is -0.740. The van der Waals surface area contributed by atoms with Gasteiger partial charge in [0.2, 0.25) is 0 Å². The van der Waals surface area contributed by atoms with Gasteiger partial charge < -0.3 is 0 Å². The summed E-state index contributed by atoms with van der Waals surface area (Å²) in [7, 11) is 2.05. The third kappa shape index (κ3) is 2.90. The van der Waals surface area contributed by atoms with Crippen molar-refractivity contribution in [2.24, 2.45) is 0 Å². The van der Waals surface area contributed by atoms with Gasteiger partial charge in [0.05, 0.1) is 6.54 Å². The van der Waals surface area contributed by atoms with Crippen molar-refractivity contribution in [2.75, 3.05) is 7.05 Å². The molecule has 0 saturated heterocycles. The van der Waals surface area contributed by atoms with Crippen molar-refractivity contribution in [1.82, 2.24) is 9.88 Å². The summed E-state index contributed by atoms with van der Waals surface area (Å²) in [5.74, 6) is 0. The van der Waals surface area contributed by atoms with Gasteiger partial charge in [-0.15, -0.1) is 11.3 Å². The molecule has 1 aromatic rings. The molecule has 0 radical (unpaired) electrons. The number of rotatable bonds is 4. The van der Waals surface area contributed by atoms with Crippen LogP contribution < -0.4 is 0 Å². The normalized spacial score (nSPS) is 11.2. The summed E-state index contributed by atoms with van der Waals surface area (Å²) in [6.07, 6.45) is 0.787. The number of aldehydes is 1. The maximum atomic E-state index is 10.4. The first kappa shape index (κ1) is 10.3. The second-order valence-electron chi connectivity index (χ2n) is 3.29. The van der Waals surface area contributed by atoms with Crippen LogP contribution in [0.2, 0.25) is 0 Å². The van der Waals surface area contributed by atoms with Crippen LogP contribution in [-0.2, 0) is 6.54 Å². The van der Waals surface area contributed by atoms with E-state index in [1.807, 2.05) is 7.05 Å². The van der Waals surface area contributed by atoms with E-state index in [2.05, 4.69) is 23.7 Å². The molecule has 0 bridgehead atoms. The van der Waals surface area contributed by atoms with Crippen molar-refractivity contribution in [2.45, 2.75) is 26.4 Å². The van der Waals surface area contributed by atoms with E-state index >= 15 is 0 Å².